The van der Waals surface area contributed by atoms with Crippen molar-refractivity contribution in [1.29, 1.82) is 0 Å². The highest BCUT2D eigenvalue weighted by molar-refractivity contribution is 7.84. The van der Waals surface area contributed by atoms with Crippen LogP contribution in [-0.2, 0) is 23.0 Å². The van der Waals surface area contributed by atoms with Gasteiger partial charge in [-0.05, 0) is 24.1 Å². The van der Waals surface area contributed by atoms with Gasteiger partial charge in [0.1, 0.15) is 0 Å². The van der Waals surface area contributed by atoms with E-state index in [4.69, 9.17) is 4.42 Å². The number of aromatic nitrogens is 1. The maximum atomic E-state index is 12.1. The van der Waals surface area contributed by atoms with E-state index in [2.05, 4.69) is 17.1 Å². The normalized spacial score (nSPS) is 12.4. The number of hydrogen-bond donors (Lipinski definition) is 0. The Morgan fingerprint density at radius 1 is 1.14 bits per heavy atom. The Labute approximate surface area is 130 Å². The zero-order valence-corrected chi connectivity index (χ0v) is 13.0. The van der Waals surface area contributed by atoms with Crippen LogP contribution in [0.25, 0.3) is 10.8 Å². The zero-order chi connectivity index (χ0) is 14.5. The van der Waals surface area contributed by atoms with E-state index in [1.165, 1.54) is 16.9 Å². The summed E-state index contributed by atoms with van der Waals surface area (Å²) in [5.41, 5.74) is 2.10. The summed E-state index contributed by atoms with van der Waals surface area (Å²) in [6.45, 7) is 0. The molecule has 21 heavy (non-hydrogen) atoms. The van der Waals surface area contributed by atoms with Crippen LogP contribution in [0.1, 0.15) is 11.3 Å². The molecule has 5 heteroatoms. The molecule has 0 amide bonds. The fourth-order valence-electron chi connectivity index (χ4n) is 2.00. The molecular formula is C16H15NO2S2. The number of aryl methyl sites for hydroxylation is 1. The van der Waals surface area contributed by atoms with Crippen molar-refractivity contribution in [3.05, 3.63) is 65.4 Å². The Balaban J connectivity index is 1.55. The van der Waals surface area contributed by atoms with Crippen LogP contribution in [-0.4, -0.2) is 14.9 Å². The monoisotopic (exact) mass is 317 g/mol. The average molecular weight is 317 g/mol. The Kier molecular flexibility index (Phi) is 4.62. The first-order valence-electron chi connectivity index (χ1n) is 6.68. The van der Waals surface area contributed by atoms with Crippen molar-refractivity contribution in [2.24, 2.45) is 0 Å². The van der Waals surface area contributed by atoms with Gasteiger partial charge < -0.3 is 4.42 Å². The molecule has 1 aromatic carbocycles. The van der Waals surface area contributed by atoms with Crippen LogP contribution in [0.5, 0.6) is 0 Å². The number of nitrogens with zero attached hydrogens (tertiary/aromatic N) is 1. The van der Waals surface area contributed by atoms with Gasteiger partial charge in [-0.2, -0.15) is 0 Å². The van der Waals surface area contributed by atoms with E-state index < -0.39 is 10.8 Å². The summed E-state index contributed by atoms with van der Waals surface area (Å²) in [6.07, 6.45) is 2.47. The summed E-state index contributed by atoms with van der Waals surface area (Å²) >= 11 is 1.52. The smallest absolute Gasteiger partial charge is 0.162 e. The molecule has 108 valence electrons. The van der Waals surface area contributed by atoms with Gasteiger partial charge in [-0.1, -0.05) is 30.3 Å². The highest BCUT2D eigenvalue weighted by atomic mass is 32.2. The molecule has 0 saturated carbocycles. The van der Waals surface area contributed by atoms with Gasteiger partial charge in [-0.15, -0.1) is 11.3 Å². The Morgan fingerprint density at radius 3 is 2.76 bits per heavy atom. The summed E-state index contributed by atoms with van der Waals surface area (Å²) in [5, 5.41) is 2.80. The van der Waals surface area contributed by atoms with Crippen LogP contribution in [0, 0.1) is 0 Å². The summed E-state index contributed by atoms with van der Waals surface area (Å²) in [5.74, 6) is 1.93. The fraction of sp³-hybridized carbons (Fsp3) is 0.188. The van der Waals surface area contributed by atoms with Gasteiger partial charge in [0.2, 0.25) is 0 Å². The van der Waals surface area contributed by atoms with Crippen molar-refractivity contribution in [1.82, 2.24) is 4.98 Å². The van der Waals surface area contributed by atoms with Crippen LogP contribution in [0.3, 0.4) is 0 Å². The molecule has 0 spiro atoms. The molecule has 0 unspecified atom stereocenters. The van der Waals surface area contributed by atoms with Crippen molar-refractivity contribution >= 4 is 22.1 Å². The molecule has 3 aromatic rings. The molecule has 0 bridgehead atoms. The van der Waals surface area contributed by atoms with Gasteiger partial charge in [0, 0.05) is 21.9 Å². The quantitative estimate of drug-likeness (QED) is 0.692. The second-order valence-electron chi connectivity index (χ2n) is 4.65. The molecule has 0 saturated heterocycles. The van der Waals surface area contributed by atoms with E-state index in [0.717, 1.165) is 22.9 Å². The van der Waals surface area contributed by atoms with E-state index >= 15 is 0 Å². The molecule has 2 aromatic heterocycles. The molecule has 0 fully saturated rings. The molecule has 3 nitrogen and oxygen atoms in total. The molecule has 0 N–H and O–H groups in total. The standard InChI is InChI=1S/C16H15NO2S2/c18-21(10-8-13-5-2-1-3-6-13)12-14-11-20-16(17-14)15-7-4-9-19-15/h1-7,9,11H,8,10,12H2/t21-/m1/s1. The van der Waals surface area contributed by atoms with Crippen LogP contribution in [0.15, 0.2) is 58.5 Å². The van der Waals surface area contributed by atoms with Gasteiger partial charge in [0.15, 0.2) is 10.8 Å². The van der Waals surface area contributed by atoms with Crippen molar-refractivity contribution in [3.63, 3.8) is 0 Å². The first-order chi connectivity index (χ1) is 10.3. The van der Waals surface area contributed by atoms with Gasteiger partial charge in [0.05, 0.1) is 17.7 Å². The van der Waals surface area contributed by atoms with E-state index in [1.54, 1.807) is 6.26 Å². The second-order valence-corrected chi connectivity index (χ2v) is 7.08. The second kappa shape index (κ2) is 6.83. The Morgan fingerprint density at radius 2 is 2.00 bits per heavy atom. The third-order valence-corrected chi connectivity index (χ3v) is 5.24. The predicted molar refractivity (Wildman–Crippen MR) is 86.7 cm³/mol. The van der Waals surface area contributed by atoms with Crippen molar-refractivity contribution in [2.45, 2.75) is 12.2 Å². The lowest BCUT2D eigenvalue weighted by atomic mass is 10.2. The van der Waals surface area contributed by atoms with Crippen molar-refractivity contribution < 1.29 is 8.63 Å². The van der Waals surface area contributed by atoms with Crippen LogP contribution < -0.4 is 0 Å². The zero-order valence-electron chi connectivity index (χ0n) is 11.4. The first-order valence-corrected chi connectivity index (χ1v) is 9.05. The molecular weight excluding hydrogens is 302 g/mol. The minimum atomic E-state index is -0.891. The third kappa shape index (κ3) is 3.89. The first kappa shape index (κ1) is 14.2. The highest BCUT2D eigenvalue weighted by Gasteiger charge is 2.09. The largest absolute Gasteiger partial charge is 0.462 e. The lowest BCUT2D eigenvalue weighted by Crippen LogP contribution is -2.04. The van der Waals surface area contributed by atoms with E-state index in [1.807, 2.05) is 35.7 Å². The Bertz CT molecular complexity index is 705. The summed E-state index contributed by atoms with van der Waals surface area (Å²) in [7, 11) is -0.891. The topological polar surface area (TPSA) is 43.1 Å². The lowest BCUT2D eigenvalue weighted by molar-refractivity contribution is 0.581. The molecule has 1 atom stereocenters. The van der Waals surface area contributed by atoms with Crippen molar-refractivity contribution in [2.75, 3.05) is 5.75 Å². The maximum absolute atomic E-state index is 12.1. The van der Waals surface area contributed by atoms with Gasteiger partial charge in [-0.3, -0.25) is 4.21 Å². The van der Waals surface area contributed by atoms with E-state index in [9.17, 15) is 4.21 Å². The predicted octanol–water partition coefficient (Wildman–Crippen LogP) is 3.89. The average Bonchev–Trinajstić information content (AvgIpc) is 3.17. The number of benzene rings is 1. The number of thiazole rings is 1. The SMILES string of the molecule is O=[S@](CCc1ccccc1)Cc1csc(-c2ccco2)n1. The van der Waals surface area contributed by atoms with Gasteiger partial charge in [0.25, 0.3) is 0 Å². The van der Waals surface area contributed by atoms with Crippen molar-refractivity contribution in [3.8, 4) is 10.8 Å². The number of furan rings is 1. The van der Waals surface area contributed by atoms with E-state index in [0.29, 0.717) is 11.5 Å². The fourth-order valence-corrected chi connectivity index (χ4v) is 3.98. The third-order valence-electron chi connectivity index (χ3n) is 3.05. The van der Waals surface area contributed by atoms with Gasteiger partial charge >= 0.3 is 0 Å². The summed E-state index contributed by atoms with van der Waals surface area (Å²) in [6, 6.07) is 13.9. The number of hydrogen-bond acceptors (Lipinski definition) is 4. The van der Waals surface area contributed by atoms with Crippen LogP contribution >= 0.6 is 11.3 Å². The molecule has 0 radical (unpaired) electrons. The maximum Gasteiger partial charge on any atom is 0.162 e. The highest BCUT2D eigenvalue weighted by Crippen LogP contribution is 2.24. The molecule has 3 rings (SSSR count). The molecule has 0 aliphatic rings. The van der Waals surface area contributed by atoms with Crippen LogP contribution in [0.4, 0.5) is 0 Å². The minimum absolute atomic E-state index is 0.504. The summed E-state index contributed by atoms with van der Waals surface area (Å²) < 4.78 is 17.4. The minimum Gasteiger partial charge on any atom is -0.462 e. The molecule has 0 aliphatic carbocycles. The molecule has 0 aliphatic heterocycles. The molecule has 2 heterocycles. The number of rotatable bonds is 6. The summed E-state index contributed by atoms with van der Waals surface area (Å²) in [4.78, 5) is 4.48. The lowest BCUT2D eigenvalue weighted by Gasteiger charge is -2.01. The van der Waals surface area contributed by atoms with Crippen LogP contribution in [0.2, 0.25) is 0 Å². The van der Waals surface area contributed by atoms with E-state index in [-0.39, 0.29) is 0 Å². The van der Waals surface area contributed by atoms with Gasteiger partial charge in [-0.25, -0.2) is 4.98 Å². The Hall–Kier alpha value is -1.72.